The molecule has 0 aromatic carbocycles. The van der Waals surface area contributed by atoms with Crippen LogP contribution in [0.2, 0.25) is 0 Å². The van der Waals surface area contributed by atoms with Crippen LogP contribution in [0.15, 0.2) is 12.1 Å². The molecule has 4 nitrogen and oxygen atoms in total. The zero-order chi connectivity index (χ0) is 13.7. The Kier molecular flexibility index (Phi) is 5.14. The molecule has 2 atom stereocenters. The maximum Gasteiger partial charge on any atom is 0.151 e. The highest BCUT2D eigenvalue weighted by Gasteiger charge is 2.22. The van der Waals surface area contributed by atoms with Crippen molar-refractivity contribution in [1.82, 2.24) is 15.5 Å². The molecule has 1 aliphatic rings. The number of nitrogens with one attached hydrogen (secondary N) is 1. The Morgan fingerprint density at radius 1 is 1.21 bits per heavy atom. The van der Waals surface area contributed by atoms with Gasteiger partial charge in [0.25, 0.3) is 0 Å². The predicted molar refractivity (Wildman–Crippen MR) is 79.2 cm³/mol. The Morgan fingerprint density at radius 3 is 2.53 bits per heavy atom. The summed E-state index contributed by atoms with van der Waals surface area (Å²) in [5.74, 6) is 2.52. The van der Waals surface area contributed by atoms with Crippen molar-refractivity contribution in [3.63, 3.8) is 0 Å². The van der Waals surface area contributed by atoms with E-state index < -0.39 is 0 Å². The van der Waals surface area contributed by atoms with E-state index in [0.717, 1.165) is 55.9 Å². The molecule has 1 aliphatic heterocycles. The molecule has 1 fully saturated rings. The molecule has 0 spiro atoms. The SMILES string of the molecule is CCCNCc1ccc(N2CC(C)CC(C)C2)nn1. The van der Waals surface area contributed by atoms with E-state index >= 15 is 0 Å². The summed E-state index contributed by atoms with van der Waals surface area (Å²) >= 11 is 0. The van der Waals surface area contributed by atoms with Gasteiger partial charge in [0.1, 0.15) is 0 Å². The maximum atomic E-state index is 4.39. The molecule has 106 valence electrons. The van der Waals surface area contributed by atoms with E-state index in [1.54, 1.807) is 0 Å². The van der Waals surface area contributed by atoms with Gasteiger partial charge in [-0.1, -0.05) is 20.8 Å². The van der Waals surface area contributed by atoms with E-state index in [9.17, 15) is 0 Å². The molecule has 0 amide bonds. The first-order chi connectivity index (χ1) is 9.19. The third kappa shape index (κ3) is 4.16. The standard InChI is InChI=1S/C15H26N4/c1-4-7-16-9-14-5-6-15(18-17-14)19-10-12(2)8-13(3)11-19/h5-6,12-13,16H,4,7-11H2,1-3H3. The monoisotopic (exact) mass is 262 g/mol. The van der Waals surface area contributed by atoms with Crippen molar-refractivity contribution >= 4 is 5.82 Å². The van der Waals surface area contributed by atoms with Crippen LogP contribution in [-0.4, -0.2) is 29.8 Å². The van der Waals surface area contributed by atoms with Crippen LogP contribution in [0.3, 0.4) is 0 Å². The topological polar surface area (TPSA) is 41.0 Å². The molecule has 0 bridgehead atoms. The van der Waals surface area contributed by atoms with Crippen molar-refractivity contribution in [3.8, 4) is 0 Å². The van der Waals surface area contributed by atoms with Crippen LogP contribution < -0.4 is 10.2 Å². The second-order valence-electron chi connectivity index (χ2n) is 5.91. The maximum absolute atomic E-state index is 4.39. The van der Waals surface area contributed by atoms with Crippen molar-refractivity contribution in [2.75, 3.05) is 24.5 Å². The van der Waals surface area contributed by atoms with E-state index in [0.29, 0.717) is 0 Å². The largest absolute Gasteiger partial charge is 0.355 e. The van der Waals surface area contributed by atoms with Gasteiger partial charge in [0.15, 0.2) is 5.82 Å². The van der Waals surface area contributed by atoms with Crippen LogP contribution in [0.4, 0.5) is 5.82 Å². The molecule has 1 N–H and O–H groups in total. The van der Waals surface area contributed by atoms with Gasteiger partial charge in [0, 0.05) is 19.6 Å². The molecular weight excluding hydrogens is 236 g/mol. The van der Waals surface area contributed by atoms with E-state index in [-0.39, 0.29) is 0 Å². The van der Waals surface area contributed by atoms with Gasteiger partial charge >= 0.3 is 0 Å². The number of aromatic nitrogens is 2. The molecule has 2 rings (SSSR count). The molecule has 4 heteroatoms. The van der Waals surface area contributed by atoms with Crippen molar-refractivity contribution in [2.24, 2.45) is 11.8 Å². The van der Waals surface area contributed by atoms with Crippen molar-refractivity contribution in [1.29, 1.82) is 0 Å². The smallest absolute Gasteiger partial charge is 0.151 e. The molecule has 0 radical (unpaired) electrons. The van der Waals surface area contributed by atoms with Gasteiger partial charge in [-0.15, -0.1) is 5.10 Å². The van der Waals surface area contributed by atoms with Gasteiger partial charge in [-0.25, -0.2) is 0 Å². The van der Waals surface area contributed by atoms with Gasteiger partial charge in [0.05, 0.1) is 5.69 Å². The molecule has 2 unspecified atom stereocenters. The molecule has 1 aromatic heterocycles. The third-order valence-corrected chi connectivity index (χ3v) is 3.63. The first-order valence-electron chi connectivity index (χ1n) is 7.47. The molecule has 19 heavy (non-hydrogen) atoms. The van der Waals surface area contributed by atoms with Crippen LogP contribution in [0.25, 0.3) is 0 Å². The van der Waals surface area contributed by atoms with Crippen LogP contribution in [0.5, 0.6) is 0 Å². The number of anilines is 1. The van der Waals surface area contributed by atoms with Crippen LogP contribution in [0, 0.1) is 11.8 Å². The average molecular weight is 262 g/mol. The highest BCUT2D eigenvalue weighted by molar-refractivity contribution is 5.38. The van der Waals surface area contributed by atoms with E-state index in [2.05, 4.69) is 53.3 Å². The third-order valence-electron chi connectivity index (χ3n) is 3.63. The minimum atomic E-state index is 0.747. The van der Waals surface area contributed by atoms with Crippen LogP contribution in [0.1, 0.15) is 39.3 Å². The Morgan fingerprint density at radius 2 is 1.95 bits per heavy atom. The number of rotatable bonds is 5. The highest BCUT2D eigenvalue weighted by Crippen LogP contribution is 2.24. The molecule has 0 aliphatic carbocycles. The van der Waals surface area contributed by atoms with E-state index in [1.165, 1.54) is 6.42 Å². The average Bonchev–Trinajstić information content (AvgIpc) is 2.39. The zero-order valence-corrected chi connectivity index (χ0v) is 12.4. The summed E-state index contributed by atoms with van der Waals surface area (Å²) in [6.45, 7) is 10.9. The van der Waals surface area contributed by atoms with Crippen molar-refractivity contribution in [3.05, 3.63) is 17.8 Å². The Labute approximate surface area is 116 Å². The van der Waals surface area contributed by atoms with Crippen LogP contribution in [-0.2, 0) is 6.54 Å². The zero-order valence-electron chi connectivity index (χ0n) is 12.4. The van der Waals surface area contributed by atoms with Crippen molar-refractivity contribution in [2.45, 2.75) is 40.2 Å². The lowest BCUT2D eigenvalue weighted by atomic mass is 9.92. The number of hydrogen-bond donors (Lipinski definition) is 1. The summed E-state index contributed by atoms with van der Waals surface area (Å²) in [6.07, 6.45) is 2.47. The summed E-state index contributed by atoms with van der Waals surface area (Å²) in [6, 6.07) is 4.20. The molecule has 1 aromatic rings. The lowest BCUT2D eigenvalue weighted by Gasteiger charge is -2.35. The van der Waals surface area contributed by atoms with Gasteiger partial charge in [-0.2, -0.15) is 5.10 Å². The second kappa shape index (κ2) is 6.85. The second-order valence-corrected chi connectivity index (χ2v) is 5.91. The molecule has 0 saturated carbocycles. The summed E-state index contributed by atoms with van der Waals surface area (Å²) in [7, 11) is 0. The number of hydrogen-bond acceptors (Lipinski definition) is 4. The van der Waals surface area contributed by atoms with E-state index in [1.807, 2.05) is 0 Å². The normalized spacial score (nSPS) is 23.6. The predicted octanol–water partition coefficient (Wildman–Crippen LogP) is 2.46. The minimum absolute atomic E-state index is 0.747. The first-order valence-corrected chi connectivity index (χ1v) is 7.47. The quantitative estimate of drug-likeness (QED) is 0.828. The Bertz CT molecular complexity index is 366. The van der Waals surface area contributed by atoms with Crippen LogP contribution >= 0.6 is 0 Å². The lowest BCUT2D eigenvalue weighted by molar-refractivity contribution is 0.354. The lowest BCUT2D eigenvalue weighted by Crippen LogP contribution is -2.39. The summed E-state index contributed by atoms with van der Waals surface area (Å²) in [5.41, 5.74) is 1.02. The fourth-order valence-electron chi connectivity index (χ4n) is 2.86. The number of nitrogens with zero attached hydrogens (tertiary/aromatic N) is 3. The van der Waals surface area contributed by atoms with Gasteiger partial charge < -0.3 is 10.2 Å². The van der Waals surface area contributed by atoms with Gasteiger partial charge in [0.2, 0.25) is 0 Å². The minimum Gasteiger partial charge on any atom is -0.355 e. The summed E-state index contributed by atoms with van der Waals surface area (Å²) in [4.78, 5) is 2.37. The molecule has 1 saturated heterocycles. The fourth-order valence-corrected chi connectivity index (χ4v) is 2.86. The Hall–Kier alpha value is -1.16. The number of piperidine rings is 1. The Balaban J connectivity index is 1.93. The van der Waals surface area contributed by atoms with Gasteiger partial charge in [-0.05, 0) is 43.4 Å². The summed E-state index contributed by atoms with van der Waals surface area (Å²) < 4.78 is 0. The summed E-state index contributed by atoms with van der Waals surface area (Å²) in [5, 5.41) is 12.1. The molecule has 2 heterocycles. The fraction of sp³-hybridized carbons (Fsp3) is 0.733. The van der Waals surface area contributed by atoms with Gasteiger partial charge in [-0.3, -0.25) is 0 Å². The van der Waals surface area contributed by atoms with Crippen molar-refractivity contribution < 1.29 is 0 Å². The highest BCUT2D eigenvalue weighted by atomic mass is 15.3. The first kappa shape index (κ1) is 14.3. The van der Waals surface area contributed by atoms with E-state index in [4.69, 9.17) is 0 Å². The molecular formula is C15H26N4.